The number of nitrogens with one attached hydrogen (secondary N) is 1. The number of hydrogen-bond acceptors (Lipinski definition) is 4. The highest BCUT2D eigenvalue weighted by Gasteiger charge is 2.26. The highest BCUT2D eigenvalue weighted by molar-refractivity contribution is 6.04. The second-order valence-corrected chi connectivity index (χ2v) is 6.70. The third kappa shape index (κ3) is 5.09. The number of rotatable bonds is 6. The summed E-state index contributed by atoms with van der Waals surface area (Å²) in [6.45, 7) is 3.85. The maximum atomic E-state index is 12.6. The zero-order chi connectivity index (χ0) is 20.3. The standard InChI is InChI=1S/C20H20F3N3O2/c1-12-8-16(18-17(9-12)26-13(2)28-18)19(27)25-11-14-5-6-15(24-10-14)4-3-7-20(21,22)23/h5-6,8-10H,3-4,7,11H2,1-2H3,(H,25,27). The van der Waals surface area contributed by atoms with Crippen LogP contribution in [0.15, 0.2) is 34.9 Å². The van der Waals surface area contributed by atoms with Gasteiger partial charge in [-0.3, -0.25) is 9.78 Å². The maximum absolute atomic E-state index is 12.6. The van der Waals surface area contributed by atoms with Gasteiger partial charge in [-0.15, -0.1) is 0 Å². The van der Waals surface area contributed by atoms with Gasteiger partial charge in [0, 0.05) is 31.8 Å². The molecular formula is C20H20F3N3O2. The van der Waals surface area contributed by atoms with Crippen molar-refractivity contribution in [2.75, 3.05) is 0 Å². The van der Waals surface area contributed by atoms with E-state index in [1.54, 1.807) is 31.3 Å². The van der Waals surface area contributed by atoms with Crippen molar-refractivity contribution in [3.8, 4) is 0 Å². The summed E-state index contributed by atoms with van der Waals surface area (Å²) in [5, 5.41) is 2.81. The Kier molecular flexibility index (Phi) is 5.67. The van der Waals surface area contributed by atoms with Gasteiger partial charge >= 0.3 is 6.18 Å². The van der Waals surface area contributed by atoms with E-state index in [4.69, 9.17) is 4.42 Å². The monoisotopic (exact) mass is 391 g/mol. The van der Waals surface area contributed by atoms with Gasteiger partial charge in [-0.25, -0.2) is 4.98 Å². The van der Waals surface area contributed by atoms with Gasteiger partial charge in [0.15, 0.2) is 11.5 Å². The van der Waals surface area contributed by atoms with Crippen molar-refractivity contribution >= 4 is 17.0 Å². The third-order valence-electron chi connectivity index (χ3n) is 4.22. The molecule has 2 heterocycles. The van der Waals surface area contributed by atoms with Crippen LogP contribution in [0.3, 0.4) is 0 Å². The number of aryl methyl sites for hydroxylation is 3. The minimum absolute atomic E-state index is 0.00649. The lowest BCUT2D eigenvalue weighted by atomic mass is 10.1. The van der Waals surface area contributed by atoms with Crippen LogP contribution in [0.5, 0.6) is 0 Å². The van der Waals surface area contributed by atoms with E-state index in [-0.39, 0.29) is 25.3 Å². The van der Waals surface area contributed by atoms with Crippen LogP contribution in [0.25, 0.3) is 11.1 Å². The molecule has 3 rings (SSSR count). The van der Waals surface area contributed by atoms with Gasteiger partial charge in [-0.2, -0.15) is 13.2 Å². The summed E-state index contributed by atoms with van der Waals surface area (Å²) in [5.74, 6) is 0.194. The molecule has 0 saturated carbocycles. The quantitative estimate of drug-likeness (QED) is 0.664. The molecule has 1 aromatic carbocycles. The Hall–Kier alpha value is -2.90. The maximum Gasteiger partial charge on any atom is 0.389 e. The molecule has 5 nitrogen and oxygen atoms in total. The van der Waals surface area contributed by atoms with Crippen molar-refractivity contribution in [2.24, 2.45) is 0 Å². The molecule has 0 atom stereocenters. The lowest BCUT2D eigenvalue weighted by Gasteiger charge is -2.08. The number of aromatic nitrogens is 2. The number of nitrogens with zero attached hydrogens (tertiary/aromatic N) is 2. The van der Waals surface area contributed by atoms with E-state index in [2.05, 4.69) is 15.3 Å². The van der Waals surface area contributed by atoms with Gasteiger partial charge in [0.2, 0.25) is 0 Å². The zero-order valence-electron chi connectivity index (χ0n) is 15.6. The fourth-order valence-electron chi connectivity index (χ4n) is 2.91. The average Bonchev–Trinajstić information content (AvgIpc) is 2.98. The van der Waals surface area contributed by atoms with Crippen molar-refractivity contribution in [2.45, 2.75) is 45.8 Å². The van der Waals surface area contributed by atoms with E-state index in [9.17, 15) is 18.0 Å². The first-order chi connectivity index (χ1) is 13.2. The van der Waals surface area contributed by atoms with Crippen molar-refractivity contribution in [3.63, 3.8) is 0 Å². The molecule has 2 aromatic heterocycles. The number of carbonyl (C=O) groups is 1. The lowest BCUT2D eigenvalue weighted by Crippen LogP contribution is -2.23. The molecule has 0 saturated heterocycles. The molecule has 0 fully saturated rings. The minimum atomic E-state index is -4.15. The molecule has 28 heavy (non-hydrogen) atoms. The van der Waals surface area contributed by atoms with Gasteiger partial charge in [-0.05, 0) is 49.1 Å². The van der Waals surface area contributed by atoms with Crippen LogP contribution in [0.1, 0.15) is 45.9 Å². The number of oxazole rings is 1. The summed E-state index contributed by atoms with van der Waals surface area (Å²) >= 11 is 0. The lowest BCUT2D eigenvalue weighted by molar-refractivity contribution is -0.135. The number of hydrogen-bond donors (Lipinski definition) is 1. The number of fused-ring (bicyclic) bond motifs is 1. The first-order valence-electron chi connectivity index (χ1n) is 8.88. The SMILES string of the molecule is Cc1cc(C(=O)NCc2ccc(CCCC(F)(F)F)nc2)c2oc(C)nc2c1. The first kappa shape index (κ1) is 19.9. The highest BCUT2D eigenvalue weighted by atomic mass is 19.4. The Balaban J connectivity index is 1.61. The third-order valence-corrected chi connectivity index (χ3v) is 4.22. The van der Waals surface area contributed by atoms with Crippen molar-refractivity contribution in [3.05, 3.63) is 58.7 Å². The van der Waals surface area contributed by atoms with E-state index in [0.29, 0.717) is 28.2 Å². The molecular weight excluding hydrogens is 371 g/mol. The summed E-state index contributed by atoms with van der Waals surface area (Å²) in [7, 11) is 0. The van der Waals surface area contributed by atoms with E-state index in [1.807, 2.05) is 13.0 Å². The topological polar surface area (TPSA) is 68.0 Å². The minimum Gasteiger partial charge on any atom is -0.440 e. The number of pyridine rings is 1. The molecule has 0 aliphatic carbocycles. The van der Waals surface area contributed by atoms with Gasteiger partial charge in [0.05, 0.1) is 5.56 Å². The average molecular weight is 391 g/mol. The molecule has 0 aliphatic rings. The Morgan fingerprint density at radius 2 is 2.00 bits per heavy atom. The summed E-state index contributed by atoms with van der Waals surface area (Å²) in [6.07, 6.45) is -3.13. The number of benzene rings is 1. The zero-order valence-corrected chi connectivity index (χ0v) is 15.6. The molecule has 0 radical (unpaired) electrons. The van der Waals surface area contributed by atoms with E-state index in [1.165, 1.54) is 0 Å². The van der Waals surface area contributed by atoms with E-state index >= 15 is 0 Å². The molecule has 1 amide bonds. The van der Waals surface area contributed by atoms with Crippen LogP contribution in [-0.4, -0.2) is 22.1 Å². The van der Waals surface area contributed by atoms with Crippen molar-refractivity contribution in [1.82, 2.24) is 15.3 Å². The van der Waals surface area contributed by atoms with E-state index in [0.717, 1.165) is 11.1 Å². The molecule has 148 valence electrons. The number of amides is 1. The first-order valence-corrected chi connectivity index (χ1v) is 8.88. The Morgan fingerprint density at radius 3 is 2.68 bits per heavy atom. The van der Waals surface area contributed by atoms with Crippen LogP contribution in [0, 0.1) is 13.8 Å². The van der Waals surface area contributed by atoms with Crippen molar-refractivity contribution in [1.29, 1.82) is 0 Å². The fourth-order valence-corrected chi connectivity index (χ4v) is 2.91. The smallest absolute Gasteiger partial charge is 0.389 e. The number of halogens is 3. The predicted molar refractivity (Wildman–Crippen MR) is 97.9 cm³/mol. The highest BCUT2D eigenvalue weighted by Crippen LogP contribution is 2.23. The van der Waals surface area contributed by atoms with E-state index < -0.39 is 12.6 Å². The normalized spacial score (nSPS) is 11.8. The second-order valence-electron chi connectivity index (χ2n) is 6.70. The fraction of sp³-hybridized carbons (Fsp3) is 0.350. The molecule has 0 aliphatic heterocycles. The summed E-state index contributed by atoms with van der Waals surface area (Å²) < 4.78 is 42.1. The predicted octanol–water partition coefficient (Wildman–Crippen LogP) is 4.65. The molecule has 8 heteroatoms. The van der Waals surface area contributed by atoms with Gasteiger partial charge in [0.25, 0.3) is 5.91 Å². The van der Waals surface area contributed by atoms with Crippen LogP contribution in [0.2, 0.25) is 0 Å². The summed E-state index contributed by atoms with van der Waals surface area (Å²) in [5.41, 5.74) is 3.73. The molecule has 0 unspecified atom stereocenters. The number of carbonyl (C=O) groups excluding carboxylic acids is 1. The Labute approximate surface area is 160 Å². The summed E-state index contributed by atoms with van der Waals surface area (Å²) in [6, 6.07) is 7.03. The molecule has 3 aromatic rings. The van der Waals surface area contributed by atoms with Gasteiger partial charge in [0.1, 0.15) is 5.52 Å². The van der Waals surface area contributed by atoms with Crippen LogP contribution in [-0.2, 0) is 13.0 Å². The van der Waals surface area contributed by atoms with Crippen LogP contribution < -0.4 is 5.32 Å². The van der Waals surface area contributed by atoms with Gasteiger partial charge in [-0.1, -0.05) is 6.07 Å². The summed E-state index contributed by atoms with van der Waals surface area (Å²) in [4.78, 5) is 21.0. The number of alkyl halides is 3. The Morgan fingerprint density at radius 1 is 1.21 bits per heavy atom. The molecule has 0 bridgehead atoms. The van der Waals surface area contributed by atoms with Crippen LogP contribution >= 0.6 is 0 Å². The Bertz CT molecular complexity index is 979. The van der Waals surface area contributed by atoms with Crippen molar-refractivity contribution < 1.29 is 22.4 Å². The van der Waals surface area contributed by atoms with Crippen LogP contribution in [0.4, 0.5) is 13.2 Å². The molecule has 0 spiro atoms. The molecule has 1 N–H and O–H groups in total. The second kappa shape index (κ2) is 8.00. The largest absolute Gasteiger partial charge is 0.440 e. The van der Waals surface area contributed by atoms with Gasteiger partial charge < -0.3 is 9.73 Å².